The Balaban J connectivity index is 1.31. The van der Waals surface area contributed by atoms with Gasteiger partial charge >= 0.3 is 5.97 Å². The number of likely N-dealkylation sites (N-methyl/N-ethyl adjacent to an activating group) is 1. The maximum atomic E-state index is 12.2. The molecule has 0 aromatic heterocycles. The number of carboxylic acid groups (broad SMARTS) is 1. The molecule has 1 aliphatic rings. The Labute approximate surface area is 294 Å². The summed E-state index contributed by atoms with van der Waals surface area (Å²) in [7, 11) is 2.01. The van der Waals surface area contributed by atoms with Crippen molar-refractivity contribution in [1.82, 2.24) is 10.2 Å². The van der Waals surface area contributed by atoms with Crippen molar-refractivity contribution in [3.63, 3.8) is 0 Å². The van der Waals surface area contributed by atoms with Crippen LogP contribution in [0.5, 0.6) is 0 Å². The second-order valence-electron chi connectivity index (χ2n) is 13.2. The molecule has 264 valence electrons. The number of nitrogens with zero attached hydrogens (tertiary/aromatic N) is 1. The number of carbonyl (C=O) groups excluding carboxylic acids is 1. The predicted octanol–water partition coefficient (Wildman–Crippen LogP) is 6.56. The maximum Gasteiger partial charge on any atom is 0.303 e. The van der Waals surface area contributed by atoms with Gasteiger partial charge in [0.05, 0.1) is 24.9 Å². The standard InChI is InChI=1S/C41H48N2O7/c1-27-36(25-43(3)28(2)39(48)32-10-5-4-6-11-32)49-41(50-40(27)33-17-15-29(26-44)16-18-33)34-21-19-31(20-22-34)35-12-7-9-30(23-35)24-42-37(45)13-8-14-38(46)47/h4-7,9-12,15-23,27-28,36,39-41,44,48H,8,13-14,24-26H2,1-3H3,(H,42,45)(H,46,47)/t27-,28+,36+,39+,40+,41+/m1/s1. The summed E-state index contributed by atoms with van der Waals surface area (Å²) in [4.78, 5) is 25.0. The number of benzene rings is 4. The quantitative estimate of drug-likeness (QED) is 0.111. The van der Waals surface area contributed by atoms with Gasteiger partial charge in [-0.25, -0.2) is 0 Å². The Hall–Kier alpha value is -4.38. The molecule has 4 aromatic rings. The number of nitrogens with one attached hydrogen (secondary N) is 1. The molecule has 9 nitrogen and oxygen atoms in total. The van der Waals surface area contributed by atoms with E-state index in [4.69, 9.17) is 14.6 Å². The van der Waals surface area contributed by atoms with Gasteiger partial charge in [-0.1, -0.05) is 104 Å². The van der Waals surface area contributed by atoms with Crippen LogP contribution in [0.4, 0.5) is 0 Å². The fourth-order valence-corrected chi connectivity index (χ4v) is 6.33. The molecule has 1 saturated heterocycles. The van der Waals surface area contributed by atoms with Crippen molar-refractivity contribution >= 4 is 11.9 Å². The summed E-state index contributed by atoms with van der Waals surface area (Å²) in [5, 5.41) is 32.4. The third kappa shape index (κ3) is 9.65. The molecule has 9 heteroatoms. The van der Waals surface area contributed by atoms with E-state index < -0.39 is 18.4 Å². The highest BCUT2D eigenvalue weighted by Gasteiger charge is 2.39. The summed E-state index contributed by atoms with van der Waals surface area (Å²) in [6.45, 7) is 5.07. The average molecular weight is 681 g/mol. The number of aliphatic hydroxyl groups excluding tert-OH is 2. The van der Waals surface area contributed by atoms with Crippen molar-refractivity contribution in [2.24, 2.45) is 5.92 Å². The van der Waals surface area contributed by atoms with Gasteiger partial charge in [-0.15, -0.1) is 0 Å². The zero-order chi connectivity index (χ0) is 35.6. The molecule has 0 unspecified atom stereocenters. The number of ether oxygens (including phenoxy) is 2. The highest BCUT2D eigenvalue weighted by Crippen LogP contribution is 2.42. The molecule has 1 amide bonds. The van der Waals surface area contributed by atoms with Crippen LogP contribution in [0.2, 0.25) is 0 Å². The second-order valence-corrected chi connectivity index (χ2v) is 13.2. The molecule has 5 rings (SSSR count). The maximum absolute atomic E-state index is 12.2. The van der Waals surface area contributed by atoms with Crippen LogP contribution >= 0.6 is 0 Å². The second kappa shape index (κ2) is 17.5. The summed E-state index contributed by atoms with van der Waals surface area (Å²) in [5.41, 5.74) is 6.55. The monoisotopic (exact) mass is 680 g/mol. The fourth-order valence-electron chi connectivity index (χ4n) is 6.33. The minimum Gasteiger partial charge on any atom is -0.481 e. The molecule has 1 aliphatic heterocycles. The molecule has 0 radical (unpaired) electrons. The lowest BCUT2D eigenvalue weighted by Gasteiger charge is -2.43. The highest BCUT2D eigenvalue weighted by atomic mass is 16.7. The van der Waals surface area contributed by atoms with E-state index in [1.165, 1.54) is 0 Å². The minimum atomic E-state index is -0.904. The molecule has 0 saturated carbocycles. The normalized spacial score (nSPS) is 20.3. The first-order valence-electron chi connectivity index (χ1n) is 17.2. The molecule has 6 atom stereocenters. The first-order chi connectivity index (χ1) is 24.1. The van der Waals surface area contributed by atoms with Gasteiger partial charge in [-0.3, -0.25) is 14.5 Å². The van der Waals surface area contributed by atoms with Crippen molar-refractivity contribution in [2.75, 3.05) is 13.6 Å². The number of rotatable bonds is 15. The van der Waals surface area contributed by atoms with Crippen LogP contribution in [0.25, 0.3) is 11.1 Å². The van der Waals surface area contributed by atoms with Crippen LogP contribution in [-0.4, -0.2) is 57.8 Å². The van der Waals surface area contributed by atoms with Gasteiger partial charge in [0, 0.05) is 43.5 Å². The summed E-state index contributed by atoms with van der Waals surface area (Å²) < 4.78 is 13.4. The first-order valence-corrected chi connectivity index (χ1v) is 17.2. The van der Waals surface area contributed by atoms with Crippen molar-refractivity contribution < 1.29 is 34.4 Å². The highest BCUT2D eigenvalue weighted by molar-refractivity contribution is 5.76. The molecular weight excluding hydrogens is 632 g/mol. The molecule has 1 fully saturated rings. The Morgan fingerprint density at radius 2 is 1.54 bits per heavy atom. The van der Waals surface area contributed by atoms with Crippen molar-refractivity contribution in [1.29, 1.82) is 0 Å². The summed E-state index contributed by atoms with van der Waals surface area (Å²) in [6, 6.07) is 33.4. The van der Waals surface area contributed by atoms with Gasteiger partial charge in [0.25, 0.3) is 0 Å². The van der Waals surface area contributed by atoms with E-state index in [0.29, 0.717) is 19.5 Å². The van der Waals surface area contributed by atoms with E-state index in [2.05, 4.69) is 17.1 Å². The van der Waals surface area contributed by atoms with E-state index in [1.807, 2.05) is 117 Å². The molecule has 50 heavy (non-hydrogen) atoms. The number of aliphatic hydroxyl groups is 2. The summed E-state index contributed by atoms with van der Waals surface area (Å²) in [6.07, 6.45) is -1.28. The molecule has 1 heterocycles. The van der Waals surface area contributed by atoms with Gasteiger partial charge in [0.15, 0.2) is 6.29 Å². The van der Waals surface area contributed by atoms with E-state index in [-0.39, 0.29) is 49.5 Å². The zero-order valence-electron chi connectivity index (χ0n) is 28.9. The van der Waals surface area contributed by atoms with E-state index in [9.17, 15) is 19.8 Å². The summed E-state index contributed by atoms with van der Waals surface area (Å²) >= 11 is 0. The topological polar surface area (TPSA) is 129 Å². The van der Waals surface area contributed by atoms with Crippen LogP contribution in [0.3, 0.4) is 0 Å². The van der Waals surface area contributed by atoms with Crippen LogP contribution in [-0.2, 0) is 32.2 Å². The number of amides is 1. The zero-order valence-corrected chi connectivity index (χ0v) is 28.9. The Kier molecular flexibility index (Phi) is 12.9. The van der Waals surface area contributed by atoms with E-state index in [0.717, 1.165) is 38.9 Å². The minimum absolute atomic E-state index is 0.00517. The van der Waals surface area contributed by atoms with Crippen molar-refractivity contribution in [3.8, 4) is 11.1 Å². The van der Waals surface area contributed by atoms with Crippen LogP contribution in [0.15, 0.2) is 103 Å². The van der Waals surface area contributed by atoms with Gasteiger partial charge in [-0.05, 0) is 59.8 Å². The first kappa shape index (κ1) is 36.9. The number of carboxylic acids is 1. The number of aliphatic carboxylic acids is 1. The van der Waals surface area contributed by atoms with Gasteiger partial charge in [0.1, 0.15) is 0 Å². The lowest BCUT2D eigenvalue weighted by molar-refractivity contribution is -0.276. The molecule has 4 aromatic carbocycles. The van der Waals surface area contributed by atoms with Crippen LogP contribution in [0, 0.1) is 5.92 Å². The Morgan fingerprint density at radius 3 is 2.22 bits per heavy atom. The van der Waals surface area contributed by atoms with Gasteiger partial charge < -0.3 is 30.1 Å². The number of hydrogen-bond donors (Lipinski definition) is 4. The third-order valence-corrected chi connectivity index (χ3v) is 9.61. The average Bonchev–Trinajstić information content (AvgIpc) is 3.14. The molecule has 0 spiro atoms. The molecule has 4 N–H and O–H groups in total. The Morgan fingerprint density at radius 1 is 0.840 bits per heavy atom. The Bertz CT molecular complexity index is 1680. The SMILES string of the molecule is C[C@@H]1[C@H](CN(C)[C@@H](C)[C@H](O)c2ccccc2)O[C@H](c2ccc(-c3cccc(CNC(=O)CCCC(=O)O)c3)cc2)O[C@@H]1c1ccc(CO)cc1. The smallest absolute Gasteiger partial charge is 0.303 e. The number of hydrogen-bond acceptors (Lipinski definition) is 7. The van der Waals surface area contributed by atoms with Gasteiger partial charge in [0.2, 0.25) is 5.91 Å². The molecule has 0 aliphatic carbocycles. The largest absolute Gasteiger partial charge is 0.481 e. The van der Waals surface area contributed by atoms with Crippen molar-refractivity contribution in [2.45, 2.75) is 76.9 Å². The fraction of sp³-hybridized carbons (Fsp3) is 0.366. The lowest BCUT2D eigenvalue weighted by atomic mass is 9.89. The van der Waals surface area contributed by atoms with Crippen LogP contribution in [0.1, 0.15) is 79.4 Å². The van der Waals surface area contributed by atoms with Crippen molar-refractivity contribution in [3.05, 3.63) is 131 Å². The van der Waals surface area contributed by atoms with Gasteiger partial charge in [-0.2, -0.15) is 0 Å². The van der Waals surface area contributed by atoms with Crippen LogP contribution < -0.4 is 5.32 Å². The summed E-state index contributed by atoms with van der Waals surface area (Å²) in [5.74, 6) is -1.08. The van der Waals surface area contributed by atoms with E-state index in [1.54, 1.807) is 0 Å². The third-order valence-electron chi connectivity index (χ3n) is 9.61. The molecule has 0 bridgehead atoms. The lowest BCUT2D eigenvalue weighted by Crippen LogP contribution is -2.46. The predicted molar refractivity (Wildman–Crippen MR) is 192 cm³/mol. The molecular formula is C41H48N2O7. The number of carbonyl (C=O) groups is 2. The van der Waals surface area contributed by atoms with E-state index >= 15 is 0 Å².